The Bertz CT molecular complexity index is 928. The molecule has 0 saturated carbocycles. The maximum Gasteiger partial charge on any atom is 0.231 e. The van der Waals surface area contributed by atoms with Gasteiger partial charge in [-0.3, -0.25) is 9.69 Å². The SMILES string of the molecule is CCN(CC)c1nc(NCCCN2CCCC2=O)nc(NC2CCN(Cc3ccccc3)CC2)n1. The van der Waals surface area contributed by atoms with E-state index in [1.165, 1.54) is 5.56 Å². The van der Waals surface area contributed by atoms with Gasteiger partial charge in [0.2, 0.25) is 23.8 Å². The summed E-state index contributed by atoms with van der Waals surface area (Å²) in [5, 5.41) is 6.95. The molecule has 2 aliphatic rings. The highest BCUT2D eigenvalue weighted by Crippen LogP contribution is 2.19. The lowest BCUT2D eigenvalue weighted by Gasteiger charge is -2.32. The Morgan fingerprint density at radius 3 is 2.43 bits per heavy atom. The van der Waals surface area contributed by atoms with E-state index >= 15 is 0 Å². The van der Waals surface area contributed by atoms with Gasteiger partial charge in [-0.05, 0) is 45.1 Å². The largest absolute Gasteiger partial charge is 0.354 e. The number of nitrogens with zero attached hydrogens (tertiary/aromatic N) is 6. The lowest BCUT2D eigenvalue weighted by atomic mass is 10.0. The van der Waals surface area contributed by atoms with Gasteiger partial charge >= 0.3 is 0 Å². The van der Waals surface area contributed by atoms with Gasteiger partial charge in [0, 0.05) is 64.8 Å². The Morgan fingerprint density at radius 2 is 1.74 bits per heavy atom. The number of carbonyl (C=O) groups is 1. The van der Waals surface area contributed by atoms with E-state index in [1.54, 1.807) is 0 Å². The molecule has 2 fully saturated rings. The molecule has 0 unspecified atom stereocenters. The van der Waals surface area contributed by atoms with Crippen molar-refractivity contribution < 1.29 is 4.79 Å². The number of benzene rings is 1. The van der Waals surface area contributed by atoms with E-state index in [0.717, 1.165) is 78.0 Å². The summed E-state index contributed by atoms with van der Waals surface area (Å²) in [5.41, 5.74) is 1.37. The molecule has 0 bridgehead atoms. The topological polar surface area (TPSA) is 89.5 Å². The molecule has 2 saturated heterocycles. The van der Waals surface area contributed by atoms with E-state index in [1.807, 2.05) is 4.90 Å². The molecule has 190 valence electrons. The summed E-state index contributed by atoms with van der Waals surface area (Å²) in [6.07, 6.45) is 4.67. The van der Waals surface area contributed by atoms with Crippen LogP contribution >= 0.6 is 0 Å². The van der Waals surface area contributed by atoms with E-state index < -0.39 is 0 Å². The fraction of sp³-hybridized carbons (Fsp3) is 0.615. The number of rotatable bonds is 12. The van der Waals surface area contributed by atoms with E-state index in [9.17, 15) is 4.79 Å². The van der Waals surface area contributed by atoms with Gasteiger partial charge in [-0.2, -0.15) is 15.0 Å². The molecule has 9 nitrogen and oxygen atoms in total. The Morgan fingerprint density at radius 1 is 1.00 bits per heavy atom. The summed E-state index contributed by atoms with van der Waals surface area (Å²) >= 11 is 0. The normalized spacial score (nSPS) is 17.1. The van der Waals surface area contributed by atoms with Crippen LogP contribution in [-0.4, -0.2) is 82.5 Å². The highest BCUT2D eigenvalue weighted by atomic mass is 16.2. The van der Waals surface area contributed by atoms with E-state index in [0.29, 0.717) is 30.3 Å². The second kappa shape index (κ2) is 12.7. The summed E-state index contributed by atoms with van der Waals surface area (Å²) < 4.78 is 0. The smallest absolute Gasteiger partial charge is 0.231 e. The minimum atomic E-state index is 0.273. The molecule has 0 atom stereocenters. The Labute approximate surface area is 209 Å². The maximum absolute atomic E-state index is 11.8. The number of carbonyl (C=O) groups excluding carboxylic acids is 1. The number of amides is 1. The molecule has 3 heterocycles. The molecule has 1 aromatic heterocycles. The monoisotopic (exact) mass is 480 g/mol. The van der Waals surface area contributed by atoms with Gasteiger partial charge < -0.3 is 20.4 Å². The average molecular weight is 481 g/mol. The first-order valence-corrected chi connectivity index (χ1v) is 13.2. The van der Waals surface area contributed by atoms with E-state index in [-0.39, 0.29) is 5.91 Å². The van der Waals surface area contributed by atoms with Crippen molar-refractivity contribution in [3.63, 3.8) is 0 Å². The third-order valence-corrected chi connectivity index (χ3v) is 6.90. The van der Waals surface area contributed by atoms with E-state index in [4.69, 9.17) is 4.98 Å². The average Bonchev–Trinajstić information content (AvgIpc) is 3.29. The molecule has 9 heteroatoms. The molecule has 2 N–H and O–H groups in total. The zero-order chi connectivity index (χ0) is 24.5. The fourth-order valence-corrected chi connectivity index (χ4v) is 4.83. The van der Waals surface area contributed by atoms with Gasteiger partial charge in [-0.15, -0.1) is 0 Å². The molecular formula is C26H40N8O. The highest BCUT2D eigenvalue weighted by Gasteiger charge is 2.22. The van der Waals surface area contributed by atoms with Gasteiger partial charge in [0.1, 0.15) is 0 Å². The van der Waals surface area contributed by atoms with Crippen molar-refractivity contribution in [2.75, 3.05) is 61.3 Å². The first-order valence-electron chi connectivity index (χ1n) is 13.2. The summed E-state index contributed by atoms with van der Waals surface area (Å²) in [5.74, 6) is 2.21. The van der Waals surface area contributed by atoms with Crippen LogP contribution in [0.5, 0.6) is 0 Å². The second-order valence-corrected chi connectivity index (χ2v) is 9.40. The van der Waals surface area contributed by atoms with Crippen molar-refractivity contribution in [3.05, 3.63) is 35.9 Å². The van der Waals surface area contributed by atoms with Crippen molar-refractivity contribution >= 4 is 23.8 Å². The third-order valence-electron chi connectivity index (χ3n) is 6.90. The third kappa shape index (κ3) is 7.27. The van der Waals surface area contributed by atoms with Crippen LogP contribution in [0.4, 0.5) is 17.8 Å². The molecule has 4 rings (SSSR count). The first-order chi connectivity index (χ1) is 17.1. The highest BCUT2D eigenvalue weighted by molar-refractivity contribution is 5.78. The number of likely N-dealkylation sites (tertiary alicyclic amines) is 2. The van der Waals surface area contributed by atoms with Gasteiger partial charge in [0.25, 0.3) is 0 Å². The van der Waals surface area contributed by atoms with Crippen molar-refractivity contribution in [2.24, 2.45) is 0 Å². The van der Waals surface area contributed by atoms with Crippen LogP contribution in [0.1, 0.15) is 51.5 Å². The zero-order valence-electron chi connectivity index (χ0n) is 21.2. The van der Waals surface area contributed by atoms with Crippen molar-refractivity contribution in [1.29, 1.82) is 0 Å². The van der Waals surface area contributed by atoms with Crippen LogP contribution in [-0.2, 0) is 11.3 Å². The van der Waals surface area contributed by atoms with Crippen molar-refractivity contribution in [2.45, 2.75) is 58.5 Å². The molecule has 0 radical (unpaired) electrons. The number of aromatic nitrogens is 3. The van der Waals surface area contributed by atoms with Crippen LogP contribution in [0.3, 0.4) is 0 Å². The predicted molar refractivity (Wildman–Crippen MR) is 141 cm³/mol. The van der Waals surface area contributed by atoms with Gasteiger partial charge in [-0.1, -0.05) is 30.3 Å². The number of hydrogen-bond acceptors (Lipinski definition) is 8. The maximum atomic E-state index is 11.8. The Kier molecular flexibility index (Phi) is 9.11. The van der Waals surface area contributed by atoms with Gasteiger partial charge in [0.05, 0.1) is 0 Å². The molecule has 35 heavy (non-hydrogen) atoms. The van der Waals surface area contributed by atoms with Crippen LogP contribution in [0, 0.1) is 0 Å². The molecule has 0 aliphatic carbocycles. The Balaban J connectivity index is 1.32. The lowest BCUT2D eigenvalue weighted by Crippen LogP contribution is -2.39. The van der Waals surface area contributed by atoms with Crippen LogP contribution in [0.2, 0.25) is 0 Å². The second-order valence-electron chi connectivity index (χ2n) is 9.40. The number of anilines is 3. The number of nitrogens with one attached hydrogen (secondary N) is 2. The quantitative estimate of drug-likeness (QED) is 0.448. The number of hydrogen-bond donors (Lipinski definition) is 2. The minimum Gasteiger partial charge on any atom is -0.354 e. The first kappa shape index (κ1) is 25.2. The molecule has 2 aromatic rings. The summed E-state index contributed by atoms with van der Waals surface area (Å²) in [7, 11) is 0. The number of piperidine rings is 1. The molecule has 1 aromatic carbocycles. The molecule has 0 spiro atoms. The summed E-state index contributed by atoms with van der Waals surface area (Å²) in [6.45, 7) is 11.4. The van der Waals surface area contributed by atoms with Crippen LogP contribution < -0.4 is 15.5 Å². The lowest BCUT2D eigenvalue weighted by molar-refractivity contribution is -0.127. The summed E-state index contributed by atoms with van der Waals surface area (Å²) in [6, 6.07) is 11.0. The Hall–Kier alpha value is -2.94. The standard InChI is InChI=1S/C26H40N8O/c1-3-33(4-2)26-30-24(27-15-9-17-34-16-8-12-23(34)35)29-25(31-26)28-22-13-18-32(19-14-22)20-21-10-6-5-7-11-21/h5-7,10-11,22H,3-4,8-9,12-20H2,1-2H3,(H2,27,28,29,30,31). The predicted octanol–water partition coefficient (Wildman–Crippen LogP) is 3.22. The van der Waals surface area contributed by atoms with E-state index in [2.05, 4.69) is 74.6 Å². The van der Waals surface area contributed by atoms with Crippen molar-refractivity contribution in [3.8, 4) is 0 Å². The molecular weight excluding hydrogens is 440 g/mol. The molecule has 2 aliphatic heterocycles. The summed E-state index contributed by atoms with van der Waals surface area (Å²) in [4.78, 5) is 32.5. The van der Waals surface area contributed by atoms with Crippen LogP contribution in [0.25, 0.3) is 0 Å². The molecule has 1 amide bonds. The zero-order valence-corrected chi connectivity index (χ0v) is 21.2. The fourth-order valence-electron chi connectivity index (χ4n) is 4.83. The van der Waals surface area contributed by atoms with Crippen molar-refractivity contribution in [1.82, 2.24) is 24.8 Å². The minimum absolute atomic E-state index is 0.273. The van der Waals surface area contributed by atoms with Gasteiger partial charge in [0.15, 0.2) is 0 Å². The van der Waals surface area contributed by atoms with Gasteiger partial charge in [-0.25, -0.2) is 0 Å². The van der Waals surface area contributed by atoms with Crippen LogP contribution in [0.15, 0.2) is 30.3 Å².